The van der Waals surface area contributed by atoms with E-state index in [-0.39, 0.29) is 23.4 Å². The van der Waals surface area contributed by atoms with Crippen molar-refractivity contribution >= 4 is 32.6 Å². The highest BCUT2D eigenvalue weighted by Gasteiger charge is 2.33. The first-order chi connectivity index (χ1) is 18.7. The molecule has 0 spiro atoms. The third-order valence-corrected chi connectivity index (χ3v) is 9.16. The van der Waals surface area contributed by atoms with E-state index in [1.54, 1.807) is 25.3 Å². The molecule has 3 aromatic rings. The zero-order chi connectivity index (χ0) is 28.0. The van der Waals surface area contributed by atoms with Crippen molar-refractivity contribution < 1.29 is 22.7 Å². The predicted octanol–water partition coefficient (Wildman–Crippen LogP) is 4.34. The van der Waals surface area contributed by atoms with E-state index in [2.05, 4.69) is 5.32 Å². The lowest BCUT2D eigenvalue weighted by Gasteiger charge is -2.32. The van der Waals surface area contributed by atoms with Crippen LogP contribution in [-0.4, -0.2) is 62.2 Å². The Labute approximate surface area is 231 Å². The van der Waals surface area contributed by atoms with Crippen molar-refractivity contribution in [3.63, 3.8) is 0 Å². The summed E-state index contributed by atoms with van der Waals surface area (Å²) in [6.07, 6.45) is 4.41. The van der Waals surface area contributed by atoms with E-state index in [4.69, 9.17) is 4.74 Å². The van der Waals surface area contributed by atoms with Crippen LogP contribution in [-0.2, 0) is 26.2 Å². The number of fused-ring (bicyclic) bond motifs is 1. The number of nitrogens with one attached hydrogen (secondary N) is 1. The van der Waals surface area contributed by atoms with E-state index in [9.17, 15) is 18.0 Å². The molecule has 0 saturated heterocycles. The van der Waals surface area contributed by atoms with Crippen LogP contribution in [0.1, 0.15) is 44.6 Å². The van der Waals surface area contributed by atoms with Crippen LogP contribution < -0.4 is 10.1 Å². The summed E-state index contributed by atoms with van der Waals surface area (Å²) in [6.45, 7) is 1.61. The molecule has 3 aromatic carbocycles. The van der Waals surface area contributed by atoms with Crippen molar-refractivity contribution in [1.29, 1.82) is 0 Å². The standard InChI is InChI=1S/C30H37N3O5S/c1-4-28(30(35)31-25-13-7-8-14-25)33(20-22-10-9-15-26(18-22)38-3)29(34)21-32(2)39(36,37)27-17-16-23-11-5-6-12-24(23)19-27/h5-6,9-12,15-19,25,28H,4,7-8,13-14,20-21H2,1-3H3,(H,31,35). The number of rotatable bonds is 11. The summed E-state index contributed by atoms with van der Waals surface area (Å²) in [5, 5.41) is 4.84. The number of hydrogen-bond acceptors (Lipinski definition) is 5. The maximum Gasteiger partial charge on any atom is 0.243 e. The van der Waals surface area contributed by atoms with Gasteiger partial charge in [-0.3, -0.25) is 9.59 Å². The van der Waals surface area contributed by atoms with Crippen LogP contribution in [0.5, 0.6) is 5.75 Å². The topological polar surface area (TPSA) is 96.0 Å². The Balaban J connectivity index is 1.58. The van der Waals surface area contributed by atoms with Crippen molar-refractivity contribution in [1.82, 2.24) is 14.5 Å². The highest BCUT2D eigenvalue weighted by Crippen LogP contribution is 2.23. The summed E-state index contributed by atoms with van der Waals surface area (Å²) in [5.74, 6) is -0.0156. The Kier molecular flexibility index (Phi) is 9.24. The van der Waals surface area contributed by atoms with Gasteiger partial charge in [0.1, 0.15) is 11.8 Å². The monoisotopic (exact) mass is 551 g/mol. The number of ether oxygens (including phenoxy) is 1. The molecule has 208 valence electrons. The summed E-state index contributed by atoms with van der Waals surface area (Å²) in [7, 11) is -0.986. The lowest BCUT2D eigenvalue weighted by molar-refractivity contribution is -0.141. The van der Waals surface area contributed by atoms with Crippen LogP contribution in [0.3, 0.4) is 0 Å². The van der Waals surface area contributed by atoms with E-state index in [0.29, 0.717) is 12.2 Å². The van der Waals surface area contributed by atoms with Crippen molar-refractivity contribution in [2.45, 2.75) is 62.6 Å². The molecule has 2 amide bonds. The predicted molar refractivity (Wildman–Crippen MR) is 152 cm³/mol. The SMILES string of the molecule is CCC(C(=O)NC1CCCC1)N(Cc1cccc(OC)c1)C(=O)CN(C)S(=O)(=O)c1ccc2ccccc2c1. The molecular weight excluding hydrogens is 514 g/mol. The van der Waals surface area contributed by atoms with Gasteiger partial charge in [0.05, 0.1) is 18.6 Å². The molecule has 1 aliphatic rings. The average molecular weight is 552 g/mol. The molecule has 0 radical (unpaired) electrons. The summed E-state index contributed by atoms with van der Waals surface area (Å²) in [4.78, 5) is 28.7. The molecule has 1 N–H and O–H groups in total. The van der Waals surface area contributed by atoms with Crippen LogP contribution in [0.2, 0.25) is 0 Å². The molecule has 39 heavy (non-hydrogen) atoms. The second-order valence-corrected chi connectivity index (χ2v) is 12.1. The second kappa shape index (κ2) is 12.6. The fourth-order valence-electron chi connectivity index (χ4n) is 5.13. The van der Waals surface area contributed by atoms with Gasteiger partial charge in [-0.2, -0.15) is 4.31 Å². The Morgan fingerprint density at radius 2 is 1.72 bits per heavy atom. The molecule has 0 aliphatic heterocycles. The number of carbonyl (C=O) groups excluding carboxylic acids is 2. The first kappa shape index (κ1) is 28.6. The van der Waals surface area contributed by atoms with Crippen LogP contribution >= 0.6 is 0 Å². The molecule has 1 unspecified atom stereocenters. The lowest BCUT2D eigenvalue weighted by atomic mass is 10.1. The lowest BCUT2D eigenvalue weighted by Crippen LogP contribution is -2.53. The van der Waals surface area contributed by atoms with Gasteiger partial charge in [-0.05, 0) is 59.9 Å². The van der Waals surface area contributed by atoms with Gasteiger partial charge in [0, 0.05) is 19.6 Å². The molecule has 4 rings (SSSR count). The first-order valence-electron chi connectivity index (χ1n) is 13.4. The molecule has 9 heteroatoms. The quantitative estimate of drug-likeness (QED) is 0.383. The van der Waals surface area contributed by atoms with Gasteiger partial charge in [0.2, 0.25) is 21.8 Å². The number of sulfonamides is 1. The summed E-state index contributed by atoms with van der Waals surface area (Å²) in [6, 6.07) is 19.1. The van der Waals surface area contributed by atoms with E-state index in [0.717, 1.165) is 46.3 Å². The average Bonchev–Trinajstić information content (AvgIpc) is 3.45. The smallest absolute Gasteiger partial charge is 0.243 e. The summed E-state index contributed by atoms with van der Waals surface area (Å²) in [5.41, 5.74) is 0.787. The zero-order valence-electron chi connectivity index (χ0n) is 22.8. The van der Waals surface area contributed by atoms with Gasteiger partial charge in [0.25, 0.3) is 0 Å². The third-order valence-electron chi connectivity index (χ3n) is 7.36. The van der Waals surface area contributed by atoms with E-state index in [1.807, 2.05) is 55.5 Å². The minimum absolute atomic E-state index is 0.108. The minimum atomic E-state index is -3.95. The molecule has 1 fully saturated rings. The fourth-order valence-corrected chi connectivity index (χ4v) is 6.28. The molecule has 0 aromatic heterocycles. The Morgan fingerprint density at radius 1 is 1.00 bits per heavy atom. The molecule has 0 bridgehead atoms. The van der Waals surface area contributed by atoms with Gasteiger partial charge < -0.3 is 15.0 Å². The van der Waals surface area contributed by atoms with Crippen molar-refractivity contribution in [2.75, 3.05) is 20.7 Å². The zero-order valence-corrected chi connectivity index (χ0v) is 23.6. The largest absolute Gasteiger partial charge is 0.497 e. The van der Waals surface area contributed by atoms with Crippen LogP contribution in [0.25, 0.3) is 10.8 Å². The maximum absolute atomic E-state index is 13.8. The number of nitrogens with zero attached hydrogens (tertiary/aromatic N) is 2. The number of amides is 2. The summed E-state index contributed by atoms with van der Waals surface area (Å²) >= 11 is 0. The van der Waals surface area contributed by atoms with Gasteiger partial charge >= 0.3 is 0 Å². The van der Waals surface area contributed by atoms with Gasteiger partial charge in [0.15, 0.2) is 0 Å². The Bertz CT molecular complexity index is 1420. The number of hydrogen-bond donors (Lipinski definition) is 1. The molecule has 1 aliphatic carbocycles. The van der Waals surface area contributed by atoms with Crippen LogP contribution in [0, 0.1) is 0 Å². The number of benzene rings is 3. The Morgan fingerprint density at radius 3 is 2.41 bits per heavy atom. The normalized spacial score (nSPS) is 14.9. The number of carbonyl (C=O) groups is 2. The minimum Gasteiger partial charge on any atom is -0.497 e. The maximum atomic E-state index is 13.8. The van der Waals surface area contributed by atoms with E-state index < -0.39 is 28.5 Å². The van der Waals surface area contributed by atoms with Crippen molar-refractivity contribution in [3.05, 3.63) is 72.3 Å². The highest BCUT2D eigenvalue weighted by atomic mass is 32.2. The molecule has 8 nitrogen and oxygen atoms in total. The third kappa shape index (κ3) is 6.78. The van der Waals surface area contributed by atoms with Gasteiger partial charge in [-0.25, -0.2) is 8.42 Å². The molecule has 0 heterocycles. The number of methoxy groups -OCH3 is 1. The van der Waals surface area contributed by atoms with Crippen LogP contribution in [0.15, 0.2) is 71.6 Å². The second-order valence-electron chi connectivity index (χ2n) is 10.1. The van der Waals surface area contributed by atoms with Gasteiger partial charge in [-0.1, -0.05) is 62.2 Å². The summed E-state index contributed by atoms with van der Waals surface area (Å²) < 4.78 is 33.3. The highest BCUT2D eigenvalue weighted by molar-refractivity contribution is 7.89. The van der Waals surface area contributed by atoms with E-state index in [1.165, 1.54) is 11.9 Å². The van der Waals surface area contributed by atoms with Crippen LogP contribution in [0.4, 0.5) is 0 Å². The molecular formula is C30H37N3O5S. The first-order valence-corrected chi connectivity index (χ1v) is 14.8. The van der Waals surface area contributed by atoms with Crippen molar-refractivity contribution in [2.24, 2.45) is 0 Å². The van der Waals surface area contributed by atoms with Crippen molar-refractivity contribution in [3.8, 4) is 5.75 Å². The molecule has 1 atom stereocenters. The molecule has 1 saturated carbocycles. The number of likely N-dealkylation sites (N-methyl/N-ethyl adjacent to an activating group) is 1. The van der Waals surface area contributed by atoms with Gasteiger partial charge in [-0.15, -0.1) is 0 Å². The fraction of sp³-hybridized carbons (Fsp3) is 0.400. The Hall–Kier alpha value is -3.43. The van der Waals surface area contributed by atoms with E-state index >= 15 is 0 Å².